The molecule has 1 heterocycles. The van der Waals surface area contributed by atoms with Crippen molar-refractivity contribution in [1.29, 1.82) is 0 Å². The van der Waals surface area contributed by atoms with Gasteiger partial charge in [0.15, 0.2) is 0 Å². The fourth-order valence-corrected chi connectivity index (χ4v) is 3.20. The third-order valence-corrected chi connectivity index (χ3v) is 4.84. The van der Waals surface area contributed by atoms with Crippen LogP contribution in [0.5, 0.6) is 0 Å². The predicted molar refractivity (Wildman–Crippen MR) is 104 cm³/mol. The van der Waals surface area contributed by atoms with Crippen molar-refractivity contribution in [3.63, 3.8) is 0 Å². The molecule has 3 rings (SSSR count). The van der Waals surface area contributed by atoms with Crippen LogP contribution in [0.25, 0.3) is 6.08 Å². The second-order valence-corrected chi connectivity index (χ2v) is 7.02. The van der Waals surface area contributed by atoms with Crippen molar-refractivity contribution in [2.45, 2.75) is 6.18 Å². The molecule has 152 valence electrons. The number of carbonyl (C=O) groups is 2. The van der Waals surface area contributed by atoms with E-state index in [4.69, 9.17) is 11.6 Å². The molecule has 1 aliphatic heterocycles. The standard InChI is InChI=1S/C21H18ClF3N2O2/c22-18-3-1-2-15(14-18)4-9-19(28)26-10-12-27(13-11-26)20(29)16-5-7-17(8-6-16)21(23,24)25/h1-9,14H,10-13H2/b9-4+. The Bertz CT molecular complexity index is 918. The first-order valence-corrected chi connectivity index (χ1v) is 9.31. The highest BCUT2D eigenvalue weighted by atomic mass is 35.5. The molecule has 1 saturated heterocycles. The first kappa shape index (κ1) is 20.9. The molecule has 29 heavy (non-hydrogen) atoms. The Balaban J connectivity index is 1.55. The van der Waals surface area contributed by atoms with E-state index >= 15 is 0 Å². The highest BCUT2D eigenvalue weighted by Gasteiger charge is 2.31. The van der Waals surface area contributed by atoms with Crippen molar-refractivity contribution >= 4 is 29.5 Å². The van der Waals surface area contributed by atoms with Gasteiger partial charge in [-0.15, -0.1) is 0 Å². The molecule has 0 aliphatic carbocycles. The summed E-state index contributed by atoms with van der Waals surface area (Å²) in [6.45, 7) is 1.34. The van der Waals surface area contributed by atoms with Gasteiger partial charge in [-0.05, 0) is 48.0 Å². The minimum Gasteiger partial charge on any atom is -0.336 e. The summed E-state index contributed by atoms with van der Waals surface area (Å²) < 4.78 is 37.9. The number of carbonyl (C=O) groups excluding carboxylic acids is 2. The fourth-order valence-electron chi connectivity index (χ4n) is 3.00. The summed E-state index contributed by atoms with van der Waals surface area (Å²) in [6, 6.07) is 11.3. The lowest BCUT2D eigenvalue weighted by atomic mass is 10.1. The van der Waals surface area contributed by atoms with Gasteiger partial charge in [-0.2, -0.15) is 13.2 Å². The van der Waals surface area contributed by atoms with Gasteiger partial charge in [-0.25, -0.2) is 0 Å². The van der Waals surface area contributed by atoms with E-state index in [9.17, 15) is 22.8 Å². The Morgan fingerprint density at radius 1 is 0.931 bits per heavy atom. The Morgan fingerprint density at radius 2 is 1.55 bits per heavy atom. The molecular weight excluding hydrogens is 405 g/mol. The van der Waals surface area contributed by atoms with Gasteiger partial charge in [0.25, 0.3) is 5.91 Å². The maximum absolute atomic E-state index is 12.6. The van der Waals surface area contributed by atoms with Crippen LogP contribution in [0.4, 0.5) is 13.2 Å². The van der Waals surface area contributed by atoms with Crippen LogP contribution in [0.1, 0.15) is 21.5 Å². The number of hydrogen-bond donors (Lipinski definition) is 0. The third-order valence-electron chi connectivity index (χ3n) is 4.60. The van der Waals surface area contributed by atoms with Crippen LogP contribution in [0.3, 0.4) is 0 Å². The molecule has 0 saturated carbocycles. The summed E-state index contributed by atoms with van der Waals surface area (Å²) in [5.74, 6) is -0.521. The monoisotopic (exact) mass is 422 g/mol. The molecule has 0 spiro atoms. The summed E-state index contributed by atoms with van der Waals surface area (Å²) in [7, 11) is 0. The van der Waals surface area contributed by atoms with Crippen LogP contribution < -0.4 is 0 Å². The topological polar surface area (TPSA) is 40.6 Å². The second kappa shape index (κ2) is 8.69. The van der Waals surface area contributed by atoms with Gasteiger partial charge >= 0.3 is 6.18 Å². The SMILES string of the molecule is O=C(/C=C/c1cccc(Cl)c1)N1CCN(C(=O)c2ccc(C(F)(F)F)cc2)CC1. The van der Waals surface area contributed by atoms with E-state index < -0.39 is 11.7 Å². The molecule has 0 N–H and O–H groups in total. The maximum atomic E-state index is 12.6. The molecule has 2 amide bonds. The van der Waals surface area contributed by atoms with Crippen molar-refractivity contribution in [3.05, 3.63) is 76.3 Å². The van der Waals surface area contributed by atoms with Gasteiger partial charge in [0.05, 0.1) is 5.56 Å². The van der Waals surface area contributed by atoms with Gasteiger partial charge < -0.3 is 9.80 Å². The molecule has 1 aliphatic rings. The zero-order valence-electron chi connectivity index (χ0n) is 15.3. The summed E-state index contributed by atoms with van der Waals surface area (Å²) in [5.41, 5.74) is 0.205. The molecule has 0 radical (unpaired) electrons. The van der Waals surface area contributed by atoms with Gasteiger partial charge in [0.2, 0.25) is 5.91 Å². The zero-order chi connectivity index (χ0) is 21.0. The van der Waals surface area contributed by atoms with E-state index in [1.165, 1.54) is 23.1 Å². The van der Waals surface area contributed by atoms with Crippen molar-refractivity contribution in [2.24, 2.45) is 0 Å². The lowest BCUT2D eigenvalue weighted by Crippen LogP contribution is -2.50. The average molecular weight is 423 g/mol. The lowest BCUT2D eigenvalue weighted by molar-refractivity contribution is -0.137. The molecule has 0 atom stereocenters. The number of rotatable bonds is 3. The van der Waals surface area contributed by atoms with E-state index in [-0.39, 0.29) is 17.4 Å². The fraction of sp³-hybridized carbons (Fsp3) is 0.238. The number of halogens is 4. The smallest absolute Gasteiger partial charge is 0.336 e. The quantitative estimate of drug-likeness (QED) is 0.690. The molecule has 0 aromatic heterocycles. The molecular formula is C21H18ClF3N2O2. The predicted octanol–water partition coefficient (Wildman–Crippen LogP) is 4.36. The van der Waals surface area contributed by atoms with Crippen molar-refractivity contribution in [2.75, 3.05) is 26.2 Å². The van der Waals surface area contributed by atoms with Gasteiger partial charge in [0.1, 0.15) is 0 Å². The van der Waals surface area contributed by atoms with Crippen molar-refractivity contribution in [3.8, 4) is 0 Å². The number of benzene rings is 2. The average Bonchev–Trinajstić information content (AvgIpc) is 2.71. The summed E-state index contributed by atoms with van der Waals surface area (Å²) in [6.07, 6.45) is -1.31. The van der Waals surface area contributed by atoms with E-state index in [2.05, 4.69) is 0 Å². The minimum atomic E-state index is -4.44. The Hall–Kier alpha value is -2.80. The molecule has 8 heteroatoms. The number of nitrogens with zero attached hydrogens (tertiary/aromatic N) is 2. The molecule has 2 aromatic carbocycles. The van der Waals surface area contributed by atoms with Crippen LogP contribution >= 0.6 is 11.6 Å². The Morgan fingerprint density at radius 3 is 2.14 bits per heavy atom. The molecule has 0 bridgehead atoms. The van der Waals surface area contributed by atoms with E-state index in [1.54, 1.807) is 29.2 Å². The highest BCUT2D eigenvalue weighted by Crippen LogP contribution is 2.29. The van der Waals surface area contributed by atoms with Crippen molar-refractivity contribution in [1.82, 2.24) is 9.80 Å². The van der Waals surface area contributed by atoms with Gasteiger partial charge in [0, 0.05) is 42.8 Å². The molecule has 2 aromatic rings. The largest absolute Gasteiger partial charge is 0.416 e. The van der Waals surface area contributed by atoms with Crippen LogP contribution in [0.2, 0.25) is 5.02 Å². The minimum absolute atomic E-state index is 0.174. The van der Waals surface area contributed by atoms with Crippen LogP contribution in [-0.2, 0) is 11.0 Å². The van der Waals surface area contributed by atoms with E-state index in [0.29, 0.717) is 31.2 Å². The van der Waals surface area contributed by atoms with Gasteiger partial charge in [-0.1, -0.05) is 23.7 Å². The van der Waals surface area contributed by atoms with E-state index in [0.717, 1.165) is 17.7 Å². The lowest BCUT2D eigenvalue weighted by Gasteiger charge is -2.34. The second-order valence-electron chi connectivity index (χ2n) is 6.58. The highest BCUT2D eigenvalue weighted by molar-refractivity contribution is 6.30. The molecule has 1 fully saturated rings. The number of alkyl halides is 3. The normalized spacial score (nSPS) is 15.0. The third kappa shape index (κ3) is 5.38. The summed E-state index contributed by atoms with van der Waals surface area (Å²) in [4.78, 5) is 28.0. The summed E-state index contributed by atoms with van der Waals surface area (Å²) >= 11 is 5.91. The number of hydrogen-bond acceptors (Lipinski definition) is 2. The first-order chi connectivity index (χ1) is 13.7. The van der Waals surface area contributed by atoms with Crippen molar-refractivity contribution < 1.29 is 22.8 Å². The Labute approximate surface area is 171 Å². The maximum Gasteiger partial charge on any atom is 0.416 e. The zero-order valence-corrected chi connectivity index (χ0v) is 16.1. The van der Waals surface area contributed by atoms with Crippen LogP contribution in [0, 0.1) is 0 Å². The first-order valence-electron chi connectivity index (χ1n) is 8.93. The molecule has 4 nitrogen and oxygen atoms in total. The van der Waals surface area contributed by atoms with Crippen LogP contribution in [-0.4, -0.2) is 47.8 Å². The Kier molecular flexibility index (Phi) is 6.27. The van der Waals surface area contributed by atoms with Crippen LogP contribution in [0.15, 0.2) is 54.6 Å². The number of piperazine rings is 1. The van der Waals surface area contributed by atoms with Gasteiger partial charge in [-0.3, -0.25) is 9.59 Å². The van der Waals surface area contributed by atoms with E-state index in [1.807, 2.05) is 6.07 Å². The molecule has 0 unspecified atom stereocenters. The number of amides is 2. The summed E-state index contributed by atoms with van der Waals surface area (Å²) in [5, 5.41) is 0.579.